The van der Waals surface area contributed by atoms with E-state index in [2.05, 4.69) is 20.4 Å². The molecule has 1 aliphatic heterocycles. The van der Waals surface area contributed by atoms with Crippen molar-refractivity contribution in [2.75, 3.05) is 31.1 Å². The van der Waals surface area contributed by atoms with Gasteiger partial charge in [0.05, 0.1) is 11.1 Å². The van der Waals surface area contributed by atoms with Gasteiger partial charge in [-0.05, 0) is 12.1 Å². The third-order valence-electron chi connectivity index (χ3n) is 3.99. The monoisotopic (exact) mass is 340 g/mol. The number of hydrogen-bond donors (Lipinski definition) is 1. The summed E-state index contributed by atoms with van der Waals surface area (Å²) in [5.41, 5.74) is -1.02. The first kappa shape index (κ1) is 15.1. The molecule has 0 spiro atoms. The lowest BCUT2D eigenvalue weighted by atomic mass is 10.1. The molecule has 1 aromatic carbocycles. The number of halogens is 4. The molecular weight excluding hydrogens is 328 g/mol. The van der Waals surface area contributed by atoms with Gasteiger partial charge in [-0.25, -0.2) is 14.4 Å². The van der Waals surface area contributed by atoms with Crippen LogP contribution < -0.4 is 10.2 Å². The quantitative estimate of drug-likeness (QED) is 0.685. The van der Waals surface area contributed by atoms with Crippen molar-refractivity contribution in [1.82, 2.24) is 24.9 Å². The predicted octanol–water partition coefficient (Wildman–Crippen LogP) is 1.84. The summed E-state index contributed by atoms with van der Waals surface area (Å²) in [7, 11) is 0. The SMILES string of the molecule is Fc1cc2c(cc1C(F)(F)F)nc(N1CCNCC1)n1ncnc21. The Labute approximate surface area is 133 Å². The number of aromatic nitrogens is 4. The summed E-state index contributed by atoms with van der Waals surface area (Å²) < 4.78 is 54.2. The van der Waals surface area contributed by atoms with E-state index in [-0.39, 0.29) is 16.6 Å². The molecule has 3 aromatic rings. The fourth-order valence-corrected chi connectivity index (χ4v) is 2.85. The van der Waals surface area contributed by atoms with Gasteiger partial charge in [0.1, 0.15) is 12.1 Å². The number of fused-ring (bicyclic) bond motifs is 3. The number of anilines is 1. The van der Waals surface area contributed by atoms with Gasteiger partial charge in [-0.15, -0.1) is 0 Å². The Morgan fingerprint density at radius 2 is 1.88 bits per heavy atom. The zero-order valence-electron chi connectivity index (χ0n) is 12.3. The Hall–Kier alpha value is -2.49. The summed E-state index contributed by atoms with van der Waals surface area (Å²) in [6, 6.07) is 1.54. The first-order valence-electron chi connectivity index (χ1n) is 7.31. The molecule has 2 aromatic heterocycles. The molecule has 6 nitrogen and oxygen atoms in total. The molecule has 0 atom stereocenters. The van der Waals surface area contributed by atoms with Gasteiger partial charge in [-0.3, -0.25) is 0 Å². The van der Waals surface area contributed by atoms with Crippen molar-refractivity contribution in [2.45, 2.75) is 6.18 Å². The van der Waals surface area contributed by atoms with Crippen LogP contribution in [0.3, 0.4) is 0 Å². The van der Waals surface area contributed by atoms with Crippen LogP contribution >= 0.6 is 0 Å². The van der Waals surface area contributed by atoms with Gasteiger partial charge in [-0.1, -0.05) is 0 Å². The Morgan fingerprint density at radius 1 is 1.12 bits per heavy atom. The molecule has 4 rings (SSSR count). The number of nitrogens with one attached hydrogen (secondary N) is 1. The van der Waals surface area contributed by atoms with Gasteiger partial charge >= 0.3 is 6.18 Å². The van der Waals surface area contributed by atoms with Crippen molar-refractivity contribution in [3.8, 4) is 0 Å². The highest BCUT2D eigenvalue weighted by molar-refractivity contribution is 5.92. The van der Waals surface area contributed by atoms with E-state index in [0.29, 0.717) is 19.0 Å². The number of nitrogens with zero attached hydrogens (tertiary/aromatic N) is 5. The standard InChI is InChI=1S/C14H12F4N6/c15-10-5-8-11(6-9(10)14(16,17)18)22-13(23-3-1-19-2-4-23)24-12(8)20-7-21-24/h5-7,19H,1-4H2. The lowest BCUT2D eigenvalue weighted by molar-refractivity contribution is -0.139. The van der Waals surface area contributed by atoms with Gasteiger partial charge in [-0.2, -0.15) is 22.8 Å². The van der Waals surface area contributed by atoms with Gasteiger partial charge in [0.25, 0.3) is 0 Å². The van der Waals surface area contributed by atoms with Crippen molar-refractivity contribution in [2.24, 2.45) is 0 Å². The molecule has 3 heterocycles. The Kier molecular flexibility index (Phi) is 3.30. The van der Waals surface area contributed by atoms with E-state index >= 15 is 0 Å². The Bertz CT molecular complexity index is 913. The molecule has 1 saturated heterocycles. The Morgan fingerprint density at radius 3 is 2.58 bits per heavy atom. The van der Waals surface area contributed by atoms with Crippen molar-refractivity contribution < 1.29 is 17.6 Å². The minimum Gasteiger partial charge on any atom is -0.338 e. The van der Waals surface area contributed by atoms with Gasteiger partial charge in [0.2, 0.25) is 5.95 Å². The maximum atomic E-state index is 13.9. The molecular formula is C14H12F4N6. The molecule has 24 heavy (non-hydrogen) atoms. The molecule has 126 valence electrons. The first-order valence-corrected chi connectivity index (χ1v) is 7.31. The highest BCUT2D eigenvalue weighted by atomic mass is 19.4. The zero-order chi connectivity index (χ0) is 16.9. The van der Waals surface area contributed by atoms with Crippen molar-refractivity contribution >= 4 is 22.5 Å². The lowest BCUT2D eigenvalue weighted by Gasteiger charge is -2.28. The molecule has 0 unspecified atom stereocenters. The molecule has 1 fully saturated rings. The van der Waals surface area contributed by atoms with E-state index < -0.39 is 17.6 Å². The number of rotatable bonds is 1. The molecule has 0 radical (unpaired) electrons. The molecule has 0 saturated carbocycles. The minimum atomic E-state index is -4.78. The summed E-state index contributed by atoms with van der Waals surface area (Å²) in [6.07, 6.45) is -3.51. The highest BCUT2D eigenvalue weighted by Crippen LogP contribution is 2.34. The third kappa shape index (κ3) is 2.33. The first-order chi connectivity index (χ1) is 11.4. The van der Waals surface area contributed by atoms with Crippen molar-refractivity contribution in [3.05, 3.63) is 29.8 Å². The summed E-state index contributed by atoms with van der Waals surface area (Å²) in [5.74, 6) is -0.951. The molecule has 1 aliphatic rings. The summed E-state index contributed by atoms with van der Waals surface area (Å²) in [5, 5.41) is 7.46. The fourth-order valence-electron chi connectivity index (χ4n) is 2.85. The van der Waals surface area contributed by atoms with Crippen LogP contribution in [0, 0.1) is 5.82 Å². The molecule has 1 N–H and O–H groups in total. The van der Waals surface area contributed by atoms with E-state index in [9.17, 15) is 17.6 Å². The molecule has 10 heteroatoms. The zero-order valence-corrected chi connectivity index (χ0v) is 12.3. The largest absolute Gasteiger partial charge is 0.419 e. The van der Waals surface area contributed by atoms with E-state index in [1.54, 1.807) is 0 Å². The molecule has 0 bridgehead atoms. The second kappa shape index (κ2) is 5.26. The smallest absolute Gasteiger partial charge is 0.338 e. The van der Waals surface area contributed by atoms with E-state index in [4.69, 9.17) is 0 Å². The summed E-state index contributed by atoms with van der Waals surface area (Å²) >= 11 is 0. The maximum absolute atomic E-state index is 13.9. The van der Waals surface area contributed by atoms with Gasteiger partial charge < -0.3 is 10.2 Å². The van der Waals surface area contributed by atoms with Crippen LogP contribution in [-0.4, -0.2) is 45.8 Å². The topological polar surface area (TPSA) is 58.4 Å². The minimum absolute atomic E-state index is 0.0396. The highest BCUT2D eigenvalue weighted by Gasteiger charge is 2.35. The predicted molar refractivity (Wildman–Crippen MR) is 78.3 cm³/mol. The average molecular weight is 340 g/mol. The van der Waals surface area contributed by atoms with Crippen LogP contribution in [0.25, 0.3) is 16.6 Å². The van der Waals surface area contributed by atoms with Crippen LogP contribution in [0.4, 0.5) is 23.5 Å². The van der Waals surface area contributed by atoms with Crippen LogP contribution in [0.2, 0.25) is 0 Å². The average Bonchev–Trinajstić information content (AvgIpc) is 3.03. The normalized spacial score (nSPS) is 16.2. The van der Waals surface area contributed by atoms with Crippen LogP contribution in [-0.2, 0) is 6.18 Å². The fraction of sp³-hybridized carbons (Fsp3) is 0.357. The molecule has 0 amide bonds. The van der Waals surface area contributed by atoms with E-state index in [1.165, 1.54) is 10.8 Å². The third-order valence-corrected chi connectivity index (χ3v) is 3.99. The lowest BCUT2D eigenvalue weighted by Crippen LogP contribution is -2.44. The van der Waals surface area contributed by atoms with Crippen LogP contribution in [0.15, 0.2) is 18.5 Å². The second-order valence-corrected chi connectivity index (χ2v) is 5.49. The van der Waals surface area contributed by atoms with Crippen LogP contribution in [0.1, 0.15) is 5.56 Å². The van der Waals surface area contributed by atoms with Gasteiger partial charge in [0.15, 0.2) is 5.65 Å². The van der Waals surface area contributed by atoms with E-state index in [1.807, 2.05) is 4.90 Å². The number of piperazine rings is 1. The number of hydrogen-bond acceptors (Lipinski definition) is 5. The number of alkyl halides is 3. The summed E-state index contributed by atoms with van der Waals surface area (Å²) in [6.45, 7) is 2.74. The van der Waals surface area contributed by atoms with Crippen molar-refractivity contribution in [1.29, 1.82) is 0 Å². The second-order valence-electron chi connectivity index (χ2n) is 5.49. The van der Waals surface area contributed by atoms with Gasteiger partial charge in [0, 0.05) is 31.6 Å². The van der Waals surface area contributed by atoms with Crippen LogP contribution in [0.5, 0.6) is 0 Å². The molecule has 0 aliphatic carbocycles. The maximum Gasteiger partial charge on any atom is 0.419 e. The van der Waals surface area contributed by atoms with Crippen molar-refractivity contribution in [3.63, 3.8) is 0 Å². The summed E-state index contributed by atoms with van der Waals surface area (Å²) in [4.78, 5) is 10.3. The van der Waals surface area contributed by atoms with E-state index in [0.717, 1.165) is 25.2 Å². The Balaban J connectivity index is 1.99. The number of benzene rings is 1.